The van der Waals surface area contributed by atoms with Gasteiger partial charge in [0.15, 0.2) is 0 Å². The molecule has 0 atom stereocenters. The highest BCUT2D eigenvalue weighted by molar-refractivity contribution is 5.31. The first-order valence-electron chi connectivity index (χ1n) is 7.66. The van der Waals surface area contributed by atoms with E-state index in [1.807, 2.05) is 0 Å². The van der Waals surface area contributed by atoms with Crippen molar-refractivity contribution in [2.75, 3.05) is 26.2 Å². The van der Waals surface area contributed by atoms with Gasteiger partial charge in [-0.25, -0.2) is 0 Å². The molecule has 0 aromatic heterocycles. The highest BCUT2D eigenvalue weighted by atomic mass is 16.5. The largest absolute Gasteiger partial charge is 0.492 e. The van der Waals surface area contributed by atoms with Crippen molar-refractivity contribution in [1.29, 1.82) is 0 Å². The molecule has 1 aliphatic heterocycles. The summed E-state index contributed by atoms with van der Waals surface area (Å²) in [5, 5.41) is 0. The van der Waals surface area contributed by atoms with E-state index < -0.39 is 0 Å². The molecule has 0 unspecified atom stereocenters. The van der Waals surface area contributed by atoms with Gasteiger partial charge in [-0.05, 0) is 49.0 Å². The Morgan fingerprint density at radius 2 is 1.75 bits per heavy atom. The van der Waals surface area contributed by atoms with Gasteiger partial charge >= 0.3 is 0 Å². The van der Waals surface area contributed by atoms with E-state index in [0.717, 1.165) is 44.8 Å². The lowest BCUT2D eigenvalue weighted by atomic mass is 9.87. The van der Waals surface area contributed by atoms with Crippen LogP contribution in [0.5, 0.6) is 5.75 Å². The zero-order valence-corrected chi connectivity index (χ0v) is 13.1. The average molecular weight is 276 g/mol. The monoisotopic (exact) mass is 276 g/mol. The summed E-state index contributed by atoms with van der Waals surface area (Å²) < 4.78 is 5.83. The second kappa shape index (κ2) is 6.59. The van der Waals surface area contributed by atoms with E-state index in [4.69, 9.17) is 10.5 Å². The zero-order chi connectivity index (χ0) is 14.6. The third-order valence-corrected chi connectivity index (χ3v) is 4.03. The predicted octanol–water partition coefficient (Wildman–Crippen LogP) is 2.79. The van der Waals surface area contributed by atoms with Crippen LogP contribution < -0.4 is 10.5 Å². The molecule has 20 heavy (non-hydrogen) atoms. The Hall–Kier alpha value is -1.06. The number of ether oxygens (including phenoxy) is 1. The Bertz CT molecular complexity index is 400. The second-order valence-corrected chi connectivity index (χ2v) is 6.80. The highest BCUT2D eigenvalue weighted by Gasteiger charge is 2.16. The Labute approximate surface area is 123 Å². The van der Waals surface area contributed by atoms with Crippen molar-refractivity contribution in [1.82, 2.24) is 4.90 Å². The maximum absolute atomic E-state index is 5.91. The average Bonchev–Trinajstić information content (AvgIpc) is 2.41. The second-order valence-electron chi connectivity index (χ2n) is 6.80. The third kappa shape index (κ3) is 4.50. The molecule has 112 valence electrons. The molecular weight excluding hydrogens is 248 g/mol. The van der Waals surface area contributed by atoms with Crippen LogP contribution >= 0.6 is 0 Å². The lowest BCUT2D eigenvalue weighted by Crippen LogP contribution is -2.41. The van der Waals surface area contributed by atoms with Crippen molar-refractivity contribution in [2.45, 2.75) is 45.1 Å². The molecule has 1 fully saturated rings. The summed E-state index contributed by atoms with van der Waals surface area (Å²) in [7, 11) is 0. The molecule has 1 aromatic carbocycles. The Balaban J connectivity index is 1.74. The van der Waals surface area contributed by atoms with E-state index in [-0.39, 0.29) is 5.41 Å². The lowest BCUT2D eigenvalue weighted by Gasteiger charge is -2.29. The quantitative estimate of drug-likeness (QED) is 0.919. The van der Waals surface area contributed by atoms with E-state index in [1.165, 1.54) is 5.56 Å². The first-order chi connectivity index (χ1) is 9.45. The van der Waals surface area contributed by atoms with Crippen molar-refractivity contribution in [3.63, 3.8) is 0 Å². The molecular formula is C17H28N2O. The summed E-state index contributed by atoms with van der Waals surface area (Å²) in [5.74, 6) is 0.965. The molecule has 2 rings (SSSR count). The van der Waals surface area contributed by atoms with Crippen LogP contribution in [0.3, 0.4) is 0 Å². The number of rotatable bonds is 4. The molecule has 1 aromatic rings. The number of hydrogen-bond acceptors (Lipinski definition) is 3. The highest BCUT2D eigenvalue weighted by Crippen LogP contribution is 2.24. The molecule has 0 spiro atoms. The van der Waals surface area contributed by atoms with Crippen molar-refractivity contribution < 1.29 is 4.74 Å². The van der Waals surface area contributed by atoms with Gasteiger partial charge in [0.05, 0.1) is 0 Å². The number of nitrogens with zero attached hydrogens (tertiary/aromatic N) is 1. The van der Waals surface area contributed by atoms with Gasteiger partial charge in [0.25, 0.3) is 0 Å². The van der Waals surface area contributed by atoms with Crippen LogP contribution in [-0.2, 0) is 5.41 Å². The van der Waals surface area contributed by atoms with Crippen LogP contribution in [0.15, 0.2) is 24.3 Å². The summed E-state index contributed by atoms with van der Waals surface area (Å²) >= 11 is 0. The topological polar surface area (TPSA) is 38.5 Å². The normalized spacial score (nSPS) is 18.2. The predicted molar refractivity (Wildman–Crippen MR) is 84.3 cm³/mol. The van der Waals surface area contributed by atoms with E-state index in [1.54, 1.807) is 0 Å². The minimum atomic E-state index is 0.199. The zero-order valence-electron chi connectivity index (χ0n) is 13.1. The molecule has 3 heteroatoms. The number of likely N-dealkylation sites (tertiary alicyclic amines) is 1. The van der Waals surface area contributed by atoms with Gasteiger partial charge in [0.2, 0.25) is 0 Å². The minimum absolute atomic E-state index is 0.199. The molecule has 1 heterocycles. The van der Waals surface area contributed by atoms with Crippen molar-refractivity contribution in [3.05, 3.63) is 29.8 Å². The fourth-order valence-electron chi connectivity index (χ4n) is 2.52. The van der Waals surface area contributed by atoms with Crippen molar-refractivity contribution in [3.8, 4) is 5.75 Å². The van der Waals surface area contributed by atoms with Crippen LogP contribution in [0.1, 0.15) is 39.2 Å². The summed E-state index contributed by atoms with van der Waals surface area (Å²) in [6, 6.07) is 8.88. The number of nitrogens with two attached hydrogens (primary N) is 1. The summed E-state index contributed by atoms with van der Waals surface area (Å²) in [6.07, 6.45) is 2.22. The van der Waals surface area contributed by atoms with Crippen LogP contribution in [0, 0.1) is 0 Å². The van der Waals surface area contributed by atoms with Crippen LogP contribution in [0.4, 0.5) is 0 Å². The Kier molecular flexibility index (Phi) is 5.06. The summed E-state index contributed by atoms with van der Waals surface area (Å²) in [5.41, 5.74) is 7.45. The minimum Gasteiger partial charge on any atom is -0.492 e. The van der Waals surface area contributed by atoms with E-state index >= 15 is 0 Å². The van der Waals surface area contributed by atoms with Crippen LogP contribution in [-0.4, -0.2) is 37.2 Å². The molecule has 0 bridgehead atoms. The molecule has 0 saturated carbocycles. The number of hydrogen-bond donors (Lipinski definition) is 1. The molecule has 1 saturated heterocycles. The standard InChI is InChI=1S/C17H28N2O/c1-17(2,3)14-4-6-16(7-5-14)20-13-12-19-10-8-15(18)9-11-19/h4-7,15H,8-13,18H2,1-3H3. The maximum atomic E-state index is 5.91. The number of benzene rings is 1. The maximum Gasteiger partial charge on any atom is 0.119 e. The molecule has 0 amide bonds. The van der Waals surface area contributed by atoms with Gasteiger partial charge < -0.3 is 10.5 Å². The summed E-state index contributed by atoms with van der Waals surface area (Å²) in [6.45, 7) is 10.6. The van der Waals surface area contributed by atoms with E-state index in [2.05, 4.69) is 49.9 Å². The van der Waals surface area contributed by atoms with Crippen molar-refractivity contribution in [2.24, 2.45) is 5.73 Å². The van der Waals surface area contributed by atoms with E-state index in [0.29, 0.717) is 6.04 Å². The molecule has 0 aliphatic carbocycles. The number of piperidine rings is 1. The smallest absolute Gasteiger partial charge is 0.119 e. The molecule has 0 radical (unpaired) electrons. The molecule has 3 nitrogen and oxygen atoms in total. The Morgan fingerprint density at radius 1 is 1.15 bits per heavy atom. The van der Waals surface area contributed by atoms with Gasteiger partial charge in [-0.1, -0.05) is 32.9 Å². The SMILES string of the molecule is CC(C)(C)c1ccc(OCCN2CCC(N)CC2)cc1. The third-order valence-electron chi connectivity index (χ3n) is 4.03. The van der Waals surface area contributed by atoms with Gasteiger partial charge in [0.1, 0.15) is 12.4 Å². The summed E-state index contributed by atoms with van der Waals surface area (Å²) in [4.78, 5) is 2.44. The van der Waals surface area contributed by atoms with Gasteiger partial charge in [-0.15, -0.1) is 0 Å². The van der Waals surface area contributed by atoms with Gasteiger partial charge in [0, 0.05) is 12.6 Å². The van der Waals surface area contributed by atoms with Crippen molar-refractivity contribution >= 4 is 0 Å². The van der Waals surface area contributed by atoms with Crippen LogP contribution in [0.2, 0.25) is 0 Å². The van der Waals surface area contributed by atoms with E-state index in [9.17, 15) is 0 Å². The molecule has 2 N–H and O–H groups in total. The van der Waals surface area contributed by atoms with Gasteiger partial charge in [-0.2, -0.15) is 0 Å². The lowest BCUT2D eigenvalue weighted by molar-refractivity contribution is 0.174. The molecule has 1 aliphatic rings. The van der Waals surface area contributed by atoms with Gasteiger partial charge in [-0.3, -0.25) is 4.90 Å². The first-order valence-corrected chi connectivity index (χ1v) is 7.66. The fourth-order valence-corrected chi connectivity index (χ4v) is 2.52. The first kappa shape index (κ1) is 15.3. The Morgan fingerprint density at radius 3 is 2.30 bits per heavy atom. The fraction of sp³-hybridized carbons (Fsp3) is 0.647. The van der Waals surface area contributed by atoms with Crippen LogP contribution in [0.25, 0.3) is 0 Å².